The summed E-state index contributed by atoms with van der Waals surface area (Å²) in [5.41, 5.74) is 4.99. The summed E-state index contributed by atoms with van der Waals surface area (Å²) in [5.74, 6) is 0.837. The van der Waals surface area contributed by atoms with Gasteiger partial charge in [0.05, 0.1) is 33.7 Å². The number of nitriles is 1. The molecule has 1 aliphatic carbocycles. The van der Waals surface area contributed by atoms with Gasteiger partial charge in [-0.05, 0) is 50.3 Å². The van der Waals surface area contributed by atoms with Gasteiger partial charge in [-0.3, -0.25) is 4.68 Å². The molecule has 178 valence electrons. The second kappa shape index (κ2) is 9.19. The van der Waals surface area contributed by atoms with Gasteiger partial charge in [-0.2, -0.15) is 15.5 Å². The molecule has 35 heavy (non-hydrogen) atoms. The van der Waals surface area contributed by atoms with Crippen LogP contribution in [0, 0.1) is 31.1 Å². The summed E-state index contributed by atoms with van der Waals surface area (Å²) in [4.78, 5) is 8.57. The number of rotatable bonds is 7. The van der Waals surface area contributed by atoms with Crippen LogP contribution in [0.2, 0.25) is 5.02 Å². The van der Waals surface area contributed by atoms with Crippen LogP contribution >= 0.6 is 11.6 Å². The molecule has 7 nitrogen and oxygen atoms in total. The van der Waals surface area contributed by atoms with Crippen molar-refractivity contribution in [1.29, 1.82) is 5.26 Å². The van der Waals surface area contributed by atoms with Crippen molar-refractivity contribution in [3.8, 4) is 23.1 Å². The van der Waals surface area contributed by atoms with Gasteiger partial charge in [-0.25, -0.2) is 23.4 Å². The molecular formula is C25H22ClF2N7. The Balaban J connectivity index is 1.52. The molecule has 0 N–H and O–H groups in total. The maximum absolute atomic E-state index is 13.7. The molecule has 0 radical (unpaired) electrons. The van der Waals surface area contributed by atoms with Crippen LogP contribution in [0.4, 0.5) is 8.78 Å². The van der Waals surface area contributed by atoms with Gasteiger partial charge in [0.25, 0.3) is 6.43 Å². The van der Waals surface area contributed by atoms with Crippen LogP contribution < -0.4 is 0 Å². The molecule has 10 heteroatoms. The van der Waals surface area contributed by atoms with Crippen LogP contribution in [0.3, 0.4) is 0 Å². The van der Waals surface area contributed by atoms with Crippen molar-refractivity contribution in [3.05, 3.63) is 75.6 Å². The Morgan fingerprint density at radius 3 is 2.54 bits per heavy atom. The number of aryl methyl sites for hydroxylation is 1. The lowest BCUT2D eigenvalue weighted by Crippen LogP contribution is -2.10. The summed E-state index contributed by atoms with van der Waals surface area (Å²) in [7, 11) is 0. The van der Waals surface area contributed by atoms with E-state index in [1.165, 1.54) is 19.2 Å². The molecule has 0 aliphatic heterocycles. The molecule has 4 aromatic rings. The number of halogens is 3. The number of aromatic nitrogens is 6. The molecule has 0 saturated heterocycles. The summed E-state index contributed by atoms with van der Waals surface area (Å²) in [6.45, 7) is 4.41. The van der Waals surface area contributed by atoms with Crippen LogP contribution in [0.1, 0.15) is 53.2 Å². The maximum atomic E-state index is 13.7. The molecular weight excluding hydrogens is 472 g/mol. The van der Waals surface area contributed by atoms with Gasteiger partial charge in [0.2, 0.25) is 0 Å². The van der Waals surface area contributed by atoms with Gasteiger partial charge < -0.3 is 0 Å². The Morgan fingerprint density at radius 2 is 1.89 bits per heavy atom. The highest BCUT2D eigenvalue weighted by Crippen LogP contribution is 2.34. The average molecular weight is 494 g/mol. The first-order valence-electron chi connectivity index (χ1n) is 11.3. The first kappa shape index (κ1) is 23.1. The normalized spacial score (nSPS) is 13.4. The summed E-state index contributed by atoms with van der Waals surface area (Å²) in [6.07, 6.45) is 1.37. The molecule has 0 spiro atoms. The third kappa shape index (κ3) is 4.54. The van der Waals surface area contributed by atoms with E-state index in [0.717, 1.165) is 33.7 Å². The second-order valence-electron chi connectivity index (χ2n) is 8.78. The minimum atomic E-state index is -2.79. The van der Waals surface area contributed by atoms with Crippen LogP contribution in [-0.2, 0) is 13.0 Å². The SMILES string of the molecule is Cc1nn(-c2cc(Cc3c(C)c(-c4ccc(C#N)cc4)nn3CC3CC3)ncn2)c(C(F)F)c1Cl. The van der Waals surface area contributed by atoms with Crippen LogP contribution in [0.15, 0.2) is 36.7 Å². The molecule has 5 rings (SSSR count). The van der Waals surface area contributed by atoms with Crippen molar-refractivity contribution >= 4 is 11.6 Å². The monoisotopic (exact) mass is 493 g/mol. The summed E-state index contributed by atoms with van der Waals surface area (Å²) < 4.78 is 30.4. The lowest BCUT2D eigenvalue weighted by molar-refractivity contribution is 0.142. The smallest absolute Gasteiger partial charge is 0.268 e. The van der Waals surface area contributed by atoms with Crippen molar-refractivity contribution < 1.29 is 8.78 Å². The van der Waals surface area contributed by atoms with Crippen molar-refractivity contribution in [3.63, 3.8) is 0 Å². The van der Waals surface area contributed by atoms with Crippen LogP contribution in [-0.4, -0.2) is 29.5 Å². The highest BCUT2D eigenvalue weighted by Gasteiger charge is 2.26. The molecule has 0 atom stereocenters. The Bertz CT molecular complexity index is 1430. The van der Waals surface area contributed by atoms with Gasteiger partial charge in [0, 0.05) is 30.3 Å². The number of nitrogens with zero attached hydrogens (tertiary/aromatic N) is 7. The van der Waals surface area contributed by atoms with E-state index in [-0.39, 0.29) is 16.5 Å². The van der Waals surface area contributed by atoms with E-state index < -0.39 is 6.43 Å². The number of alkyl halides is 2. The van der Waals surface area contributed by atoms with Crippen molar-refractivity contribution in [2.75, 3.05) is 0 Å². The zero-order chi connectivity index (χ0) is 24.7. The summed E-state index contributed by atoms with van der Waals surface area (Å²) >= 11 is 6.07. The van der Waals surface area contributed by atoms with Crippen LogP contribution in [0.5, 0.6) is 0 Å². The van der Waals surface area contributed by atoms with Crippen molar-refractivity contribution in [2.24, 2.45) is 5.92 Å². The molecule has 3 heterocycles. The Kier molecular flexibility index (Phi) is 6.07. The lowest BCUT2D eigenvalue weighted by Gasteiger charge is -2.10. The zero-order valence-electron chi connectivity index (χ0n) is 19.2. The Labute approximate surface area is 206 Å². The minimum Gasteiger partial charge on any atom is -0.268 e. The first-order chi connectivity index (χ1) is 16.9. The zero-order valence-corrected chi connectivity index (χ0v) is 20.0. The predicted octanol–water partition coefficient (Wildman–Crippen LogP) is 5.61. The van der Waals surface area contributed by atoms with Crippen molar-refractivity contribution in [1.82, 2.24) is 29.5 Å². The molecule has 1 saturated carbocycles. The average Bonchev–Trinajstić information content (AvgIpc) is 3.56. The third-order valence-corrected chi connectivity index (χ3v) is 6.71. The number of hydrogen-bond donors (Lipinski definition) is 0. The first-order valence-corrected chi connectivity index (χ1v) is 11.6. The number of benzene rings is 1. The fourth-order valence-electron chi connectivity index (χ4n) is 4.14. The van der Waals surface area contributed by atoms with Gasteiger partial charge in [-0.1, -0.05) is 23.7 Å². The minimum absolute atomic E-state index is 0.0643. The Morgan fingerprint density at radius 1 is 1.14 bits per heavy atom. The van der Waals surface area contributed by atoms with Gasteiger partial charge in [-0.15, -0.1) is 0 Å². The fourth-order valence-corrected chi connectivity index (χ4v) is 4.34. The van der Waals surface area contributed by atoms with E-state index in [4.69, 9.17) is 22.0 Å². The molecule has 1 fully saturated rings. The van der Waals surface area contributed by atoms with Gasteiger partial charge in [0.1, 0.15) is 12.0 Å². The summed E-state index contributed by atoms with van der Waals surface area (Å²) in [5, 5.41) is 18.1. The Hall–Kier alpha value is -3.64. The standard InChI is InChI=1S/C25H22ClF2N7/c1-14-20(34(12-17-3-4-17)33-23(14)18-7-5-16(11-29)6-8-18)9-19-10-21(31-13-30-19)35-24(25(27)28)22(26)15(2)32-35/h5-8,10,13,17,25H,3-4,9,12H2,1-2H3. The largest absolute Gasteiger partial charge is 0.282 e. The van der Waals surface area contributed by atoms with Gasteiger partial charge in [0.15, 0.2) is 5.82 Å². The highest BCUT2D eigenvalue weighted by atomic mass is 35.5. The number of hydrogen-bond acceptors (Lipinski definition) is 5. The van der Waals surface area contributed by atoms with Crippen molar-refractivity contribution in [2.45, 2.75) is 46.1 Å². The third-order valence-electron chi connectivity index (χ3n) is 6.24. The second-order valence-corrected chi connectivity index (χ2v) is 9.15. The van der Waals surface area contributed by atoms with E-state index in [1.807, 2.05) is 23.7 Å². The van der Waals surface area contributed by atoms with E-state index in [9.17, 15) is 8.78 Å². The van der Waals surface area contributed by atoms with E-state index in [2.05, 4.69) is 21.1 Å². The predicted molar refractivity (Wildman–Crippen MR) is 127 cm³/mol. The topological polar surface area (TPSA) is 85.2 Å². The molecule has 1 aromatic carbocycles. The van der Waals surface area contributed by atoms with E-state index in [1.54, 1.807) is 25.1 Å². The maximum Gasteiger partial charge on any atom is 0.282 e. The lowest BCUT2D eigenvalue weighted by atomic mass is 10.0. The van der Waals surface area contributed by atoms with E-state index in [0.29, 0.717) is 29.3 Å². The fraction of sp³-hybridized carbons (Fsp3) is 0.320. The molecule has 0 unspecified atom stereocenters. The van der Waals surface area contributed by atoms with Crippen LogP contribution in [0.25, 0.3) is 17.1 Å². The van der Waals surface area contributed by atoms with E-state index >= 15 is 0 Å². The molecule has 3 aromatic heterocycles. The van der Waals surface area contributed by atoms with Gasteiger partial charge >= 0.3 is 0 Å². The highest BCUT2D eigenvalue weighted by molar-refractivity contribution is 6.31. The summed E-state index contributed by atoms with van der Waals surface area (Å²) in [6, 6.07) is 11.2. The molecule has 0 amide bonds. The molecule has 0 bridgehead atoms. The quantitative estimate of drug-likeness (QED) is 0.334. The molecule has 1 aliphatic rings.